The first-order valence-corrected chi connectivity index (χ1v) is 9.70. The van der Waals surface area contributed by atoms with Crippen LogP contribution in [0.4, 0.5) is 5.82 Å². The van der Waals surface area contributed by atoms with Gasteiger partial charge in [-0.2, -0.15) is 0 Å². The van der Waals surface area contributed by atoms with E-state index in [4.69, 9.17) is 0 Å². The van der Waals surface area contributed by atoms with Crippen LogP contribution in [0.1, 0.15) is 13.3 Å². The number of piperidine rings is 1. The third-order valence-electron chi connectivity index (χ3n) is 5.35. The number of H-pyrrole nitrogens is 1. The molecular weight excluding hydrogens is 314 g/mol. The van der Waals surface area contributed by atoms with Crippen molar-refractivity contribution in [3.63, 3.8) is 0 Å². The maximum absolute atomic E-state index is 11.9. The maximum atomic E-state index is 11.9. The molecule has 8 heteroatoms. The number of aromatic nitrogens is 3. The van der Waals surface area contributed by atoms with Gasteiger partial charge in [0.1, 0.15) is 17.8 Å². The third kappa shape index (κ3) is 2.40. The monoisotopic (exact) mass is 335 g/mol. The van der Waals surface area contributed by atoms with Gasteiger partial charge >= 0.3 is 0 Å². The van der Waals surface area contributed by atoms with Crippen molar-refractivity contribution in [2.75, 3.05) is 37.3 Å². The van der Waals surface area contributed by atoms with Crippen LogP contribution in [0, 0.1) is 11.3 Å². The topological polar surface area (TPSA) is 82.2 Å². The average Bonchev–Trinajstić information content (AvgIpc) is 3.08. The van der Waals surface area contributed by atoms with Gasteiger partial charge in [-0.25, -0.2) is 22.7 Å². The molecule has 0 radical (unpaired) electrons. The van der Waals surface area contributed by atoms with E-state index >= 15 is 0 Å². The van der Waals surface area contributed by atoms with Crippen LogP contribution in [-0.2, 0) is 10.0 Å². The Morgan fingerprint density at radius 1 is 1.35 bits per heavy atom. The van der Waals surface area contributed by atoms with E-state index in [0.29, 0.717) is 19.0 Å². The van der Waals surface area contributed by atoms with E-state index in [2.05, 4.69) is 26.8 Å². The summed E-state index contributed by atoms with van der Waals surface area (Å²) in [5.74, 6) is 1.35. The Hall–Kier alpha value is -1.67. The van der Waals surface area contributed by atoms with Gasteiger partial charge in [0, 0.05) is 37.8 Å². The van der Waals surface area contributed by atoms with Crippen molar-refractivity contribution < 1.29 is 8.42 Å². The highest BCUT2D eigenvalue weighted by atomic mass is 32.2. The summed E-state index contributed by atoms with van der Waals surface area (Å²) in [6.07, 6.45) is 5.75. The molecule has 23 heavy (non-hydrogen) atoms. The van der Waals surface area contributed by atoms with Crippen molar-refractivity contribution in [3.05, 3.63) is 18.6 Å². The Labute approximate surface area is 135 Å². The van der Waals surface area contributed by atoms with Gasteiger partial charge in [0.2, 0.25) is 10.0 Å². The minimum Gasteiger partial charge on any atom is -0.355 e. The Morgan fingerprint density at radius 3 is 2.96 bits per heavy atom. The molecule has 0 aliphatic carbocycles. The minimum atomic E-state index is -3.12. The maximum Gasteiger partial charge on any atom is 0.211 e. The summed E-state index contributed by atoms with van der Waals surface area (Å²) in [4.78, 5) is 14.1. The van der Waals surface area contributed by atoms with Crippen molar-refractivity contribution in [2.24, 2.45) is 11.3 Å². The molecule has 0 aromatic carbocycles. The number of nitrogens with zero attached hydrogens (tertiary/aromatic N) is 4. The molecule has 0 saturated carbocycles. The van der Waals surface area contributed by atoms with Gasteiger partial charge < -0.3 is 9.88 Å². The fourth-order valence-electron chi connectivity index (χ4n) is 4.05. The molecular formula is C15H21N5O2S. The SMILES string of the molecule is C[C@@]12CN(c3ncnc4[nH]ccc34)CCC1CN(S(C)(=O)=O)C2. The molecule has 2 aliphatic rings. The lowest BCUT2D eigenvalue weighted by Gasteiger charge is -2.42. The highest BCUT2D eigenvalue weighted by Crippen LogP contribution is 2.43. The zero-order valence-electron chi connectivity index (χ0n) is 13.4. The molecule has 1 N–H and O–H groups in total. The van der Waals surface area contributed by atoms with Crippen LogP contribution >= 0.6 is 0 Å². The number of fused-ring (bicyclic) bond motifs is 2. The van der Waals surface area contributed by atoms with E-state index in [0.717, 1.165) is 36.4 Å². The van der Waals surface area contributed by atoms with Crippen LogP contribution in [0.15, 0.2) is 18.6 Å². The fraction of sp³-hybridized carbons (Fsp3) is 0.600. The van der Waals surface area contributed by atoms with Gasteiger partial charge in [-0.05, 0) is 18.4 Å². The largest absolute Gasteiger partial charge is 0.355 e. The number of hydrogen-bond acceptors (Lipinski definition) is 5. The second-order valence-corrected chi connectivity index (χ2v) is 9.04. The van der Waals surface area contributed by atoms with Crippen molar-refractivity contribution >= 4 is 26.9 Å². The number of aromatic amines is 1. The predicted octanol–water partition coefficient (Wildman–Crippen LogP) is 1.07. The van der Waals surface area contributed by atoms with Gasteiger partial charge in [-0.1, -0.05) is 6.92 Å². The molecule has 2 atom stereocenters. The predicted molar refractivity (Wildman–Crippen MR) is 88.7 cm³/mol. The first-order chi connectivity index (χ1) is 10.9. The van der Waals surface area contributed by atoms with Crippen LogP contribution in [0.2, 0.25) is 0 Å². The Bertz CT molecular complexity index is 848. The van der Waals surface area contributed by atoms with Gasteiger partial charge in [0.25, 0.3) is 0 Å². The standard InChI is InChI=1S/C15H21N5O2S/c1-15-8-19(14-12-3-5-16-13(12)17-10-18-14)6-4-11(15)7-20(9-15)23(2,21)22/h3,5,10-11H,4,6-9H2,1-2H3,(H,16,17,18)/t11?,15-/m0/s1. The van der Waals surface area contributed by atoms with Gasteiger partial charge in [0.15, 0.2) is 0 Å². The number of sulfonamides is 1. The van der Waals surface area contributed by atoms with Crippen LogP contribution in [0.25, 0.3) is 11.0 Å². The molecule has 2 aromatic heterocycles. The average molecular weight is 335 g/mol. The van der Waals surface area contributed by atoms with Crippen molar-refractivity contribution in [1.29, 1.82) is 0 Å². The van der Waals surface area contributed by atoms with Crippen molar-refractivity contribution in [3.8, 4) is 0 Å². The number of anilines is 1. The molecule has 0 amide bonds. The second-order valence-electron chi connectivity index (χ2n) is 7.05. The molecule has 1 unspecified atom stereocenters. The van der Waals surface area contributed by atoms with E-state index in [1.807, 2.05) is 12.3 Å². The van der Waals surface area contributed by atoms with Crippen molar-refractivity contribution in [2.45, 2.75) is 13.3 Å². The highest BCUT2D eigenvalue weighted by molar-refractivity contribution is 7.88. The summed E-state index contributed by atoms with van der Waals surface area (Å²) in [6.45, 7) is 5.15. The normalized spacial score (nSPS) is 29.1. The molecule has 0 bridgehead atoms. The molecule has 4 rings (SSSR count). The first kappa shape index (κ1) is 14.9. The molecule has 7 nitrogen and oxygen atoms in total. The smallest absolute Gasteiger partial charge is 0.211 e. The lowest BCUT2D eigenvalue weighted by Crippen LogP contribution is -2.47. The summed E-state index contributed by atoms with van der Waals surface area (Å²) < 4.78 is 25.4. The third-order valence-corrected chi connectivity index (χ3v) is 6.56. The van der Waals surface area contributed by atoms with Crippen LogP contribution in [-0.4, -0.2) is 60.1 Å². The molecule has 0 spiro atoms. The van der Waals surface area contributed by atoms with Crippen LogP contribution in [0.3, 0.4) is 0 Å². The molecule has 2 aliphatic heterocycles. The summed E-state index contributed by atoms with van der Waals surface area (Å²) in [7, 11) is -3.12. The minimum absolute atomic E-state index is 0.0328. The number of rotatable bonds is 2. The first-order valence-electron chi connectivity index (χ1n) is 7.85. The summed E-state index contributed by atoms with van der Waals surface area (Å²) >= 11 is 0. The summed E-state index contributed by atoms with van der Waals surface area (Å²) in [6, 6.07) is 2.00. The molecule has 2 aromatic rings. The quantitative estimate of drug-likeness (QED) is 0.887. The molecule has 124 valence electrons. The Balaban J connectivity index is 1.64. The van der Waals surface area contributed by atoms with Gasteiger partial charge in [-0.15, -0.1) is 0 Å². The zero-order chi connectivity index (χ0) is 16.2. The zero-order valence-corrected chi connectivity index (χ0v) is 14.2. The van der Waals surface area contributed by atoms with E-state index in [9.17, 15) is 8.42 Å². The van der Waals surface area contributed by atoms with Crippen LogP contribution < -0.4 is 4.90 Å². The second kappa shape index (κ2) is 4.91. The molecule has 2 fully saturated rings. The number of nitrogens with one attached hydrogen (secondary N) is 1. The van der Waals surface area contributed by atoms with Crippen molar-refractivity contribution in [1.82, 2.24) is 19.3 Å². The van der Waals surface area contributed by atoms with Gasteiger partial charge in [0.05, 0.1) is 11.6 Å². The lowest BCUT2D eigenvalue weighted by molar-refractivity contribution is 0.214. The van der Waals surface area contributed by atoms with Crippen LogP contribution in [0.5, 0.6) is 0 Å². The molecule has 2 saturated heterocycles. The van der Waals surface area contributed by atoms with Gasteiger partial charge in [-0.3, -0.25) is 0 Å². The number of hydrogen-bond donors (Lipinski definition) is 1. The Kier molecular flexibility index (Phi) is 3.18. The van der Waals surface area contributed by atoms with E-state index in [-0.39, 0.29) is 5.41 Å². The fourth-order valence-corrected chi connectivity index (χ4v) is 5.03. The Morgan fingerprint density at radius 2 is 2.17 bits per heavy atom. The van der Waals surface area contributed by atoms with E-state index in [1.165, 1.54) is 6.26 Å². The lowest BCUT2D eigenvalue weighted by atomic mass is 9.75. The van der Waals surface area contributed by atoms with E-state index in [1.54, 1.807) is 10.6 Å². The molecule has 4 heterocycles. The summed E-state index contributed by atoms with van der Waals surface area (Å²) in [5.41, 5.74) is 0.806. The summed E-state index contributed by atoms with van der Waals surface area (Å²) in [5, 5.41) is 1.02. The van der Waals surface area contributed by atoms with E-state index < -0.39 is 10.0 Å². The highest BCUT2D eigenvalue weighted by Gasteiger charge is 2.49.